The van der Waals surface area contributed by atoms with E-state index in [0.29, 0.717) is 49.1 Å². The van der Waals surface area contributed by atoms with Gasteiger partial charge in [0, 0.05) is 56.1 Å². The molecule has 4 rings (SSSR count). The molecule has 14 heteroatoms. The Morgan fingerprint density at radius 1 is 0.740 bits per heavy atom. The van der Waals surface area contributed by atoms with E-state index in [4.69, 9.17) is 25.0 Å². The van der Waals surface area contributed by atoms with Crippen molar-refractivity contribution in [1.82, 2.24) is 15.0 Å². The molecule has 264 valence electrons. The van der Waals surface area contributed by atoms with E-state index in [1.165, 1.54) is 24.3 Å². The zero-order chi connectivity index (χ0) is 36.4. The number of carbonyl (C=O) groups excluding carboxylic acids is 4. The molecule has 0 atom stereocenters. The number of ether oxygens (including phenoxy) is 3. The van der Waals surface area contributed by atoms with Gasteiger partial charge in [-0.3, -0.25) is 40.4 Å². The molecule has 1 aliphatic heterocycles. The second kappa shape index (κ2) is 17.2. The molecule has 0 radical (unpaired) electrons. The van der Waals surface area contributed by atoms with Crippen molar-refractivity contribution in [1.29, 1.82) is 10.8 Å². The fourth-order valence-corrected chi connectivity index (χ4v) is 5.38. The summed E-state index contributed by atoms with van der Waals surface area (Å²) in [7, 11) is 0. The summed E-state index contributed by atoms with van der Waals surface area (Å²) < 4.78 is 17.2. The number of likely N-dealkylation sites (tertiary alicyclic amines) is 1. The zero-order valence-corrected chi connectivity index (χ0v) is 28.2. The average molecular weight is 688 g/mol. The van der Waals surface area contributed by atoms with Crippen molar-refractivity contribution in [3.63, 3.8) is 0 Å². The van der Waals surface area contributed by atoms with Gasteiger partial charge in [0.15, 0.2) is 11.7 Å². The Labute approximate surface area is 289 Å². The van der Waals surface area contributed by atoms with Crippen molar-refractivity contribution >= 4 is 35.4 Å². The lowest BCUT2D eigenvalue weighted by atomic mass is 9.91. The molecular formula is C36H41N5O9. The Kier molecular flexibility index (Phi) is 12.8. The van der Waals surface area contributed by atoms with Gasteiger partial charge in [-0.1, -0.05) is 0 Å². The smallest absolute Gasteiger partial charge is 0.305 e. The predicted octanol–water partition coefficient (Wildman–Crippen LogP) is 5.98. The number of hydroxylamine groups is 4. The van der Waals surface area contributed by atoms with E-state index in [0.717, 1.165) is 39.5 Å². The van der Waals surface area contributed by atoms with Gasteiger partial charge < -0.3 is 19.1 Å². The van der Waals surface area contributed by atoms with E-state index in [9.17, 15) is 29.6 Å². The van der Waals surface area contributed by atoms with Gasteiger partial charge in [-0.15, -0.1) is 0 Å². The number of nitrogens with zero attached hydrogens (tertiary/aromatic N) is 3. The maximum Gasteiger partial charge on any atom is 0.305 e. The van der Waals surface area contributed by atoms with Gasteiger partial charge in [0.25, 0.3) is 5.91 Å². The first-order valence-corrected chi connectivity index (χ1v) is 16.2. The lowest BCUT2D eigenvalue weighted by Gasteiger charge is -2.32. The van der Waals surface area contributed by atoms with Crippen molar-refractivity contribution in [2.75, 3.05) is 19.7 Å². The maximum atomic E-state index is 13.8. The molecule has 1 aliphatic rings. The summed E-state index contributed by atoms with van der Waals surface area (Å²) in [5.41, 5.74) is 0.873. The second-order valence-electron chi connectivity index (χ2n) is 11.7. The molecule has 1 heterocycles. The number of amides is 3. The van der Waals surface area contributed by atoms with E-state index < -0.39 is 23.5 Å². The summed E-state index contributed by atoms with van der Waals surface area (Å²) in [6, 6.07) is 17.0. The van der Waals surface area contributed by atoms with Gasteiger partial charge in [-0.05, 0) is 99.2 Å². The molecule has 3 amide bonds. The van der Waals surface area contributed by atoms with Gasteiger partial charge in [0.2, 0.25) is 11.8 Å². The SMILES string of the molecule is CCOC(=O)CCCC1CCN(C(=O)c2cc(Oc3ccc(C(=N)N(O)C(C)=O)cc3)cc(Oc3ccc(C(=N)N(O)C(C)=O)cc3)c2)CC1. The third kappa shape index (κ3) is 9.96. The van der Waals surface area contributed by atoms with Gasteiger partial charge >= 0.3 is 5.97 Å². The van der Waals surface area contributed by atoms with Crippen LogP contribution in [0.2, 0.25) is 0 Å². The topological polar surface area (TPSA) is 194 Å². The van der Waals surface area contributed by atoms with Crippen molar-refractivity contribution in [3.8, 4) is 23.0 Å². The molecule has 0 bridgehead atoms. The van der Waals surface area contributed by atoms with Crippen molar-refractivity contribution in [2.24, 2.45) is 5.92 Å². The molecule has 3 aromatic carbocycles. The minimum Gasteiger partial charge on any atom is -0.466 e. The number of amidine groups is 2. The van der Waals surface area contributed by atoms with Crippen LogP contribution >= 0.6 is 0 Å². The number of rotatable bonds is 12. The van der Waals surface area contributed by atoms with E-state index >= 15 is 0 Å². The van der Waals surface area contributed by atoms with Gasteiger partial charge in [0.05, 0.1) is 6.61 Å². The summed E-state index contributed by atoms with van der Waals surface area (Å²) in [5.74, 6) is -0.936. The number of benzene rings is 3. The summed E-state index contributed by atoms with van der Waals surface area (Å²) in [5, 5.41) is 36.1. The lowest BCUT2D eigenvalue weighted by Crippen LogP contribution is -2.38. The largest absolute Gasteiger partial charge is 0.466 e. The highest BCUT2D eigenvalue weighted by Gasteiger charge is 2.25. The van der Waals surface area contributed by atoms with Crippen molar-refractivity contribution in [3.05, 3.63) is 83.4 Å². The van der Waals surface area contributed by atoms with E-state index in [2.05, 4.69) is 0 Å². The number of piperidine rings is 1. The fourth-order valence-electron chi connectivity index (χ4n) is 5.38. The summed E-state index contributed by atoms with van der Waals surface area (Å²) in [6.07, 6.45) is 3.62. The first kappa shape index (κ1) is 37.2. The molecule has 0 unspecified atom stereocenters. The summed E-state index contributed by atoms with van der Waals surface area (Å²) in [4.78, 5) is 50.1. The normalized spacial score (nSPS) is 12.9. The van der Waals surface area contributed by atoms with E-state index in [-0.39, 0.29) is 44.6 Å². The van der Waals surface area contributed by atoms with Gasteiger partial charge in [0.1, 0.15) is 23.0 Å². The van der Waals surface area contributed by atoms with Crippen LogP contribution in [0.25, 0.3) is 0 Å². The molecule has 1 saturated heterocycles. The van der Waals surface area contributed by atoms with Crippen LogP contribution in [0.1, 0.15) is 74.4 Å². The Morgan fingerprint density at radius 2 is 1.20 bits per heavy atom. The van der Waals surface area contributed by atoms with Gasteiger partial charge in [-0.25, -0.2) is 0 Å². The summed E-state index contributed by atoms with van der Waals surface area (Å²) in [6.45, 7) is 5.52. The van der Waals surface area contributed by atoms with Crippen LogP contribution in [0.4, 0.5) is 0 Å². The molecular weight excluding hydrogens is 646 g/mol. The van der Waals surface area contributed by atoms with Crippen LogP contribution < -0.4 is 9.47 Å². The molecule has 4 N–H and O–H groups in total. The van der Waals surface area contributed by atoms with Crippen molar-refractivity contribution < 1.29 is 43.8 Å². The fraction of sp³-hybridized carbons (Fsp3) is 0.333. The Balaban J connectivity index is 1.52. The predicted molar refractivity (Wildman–Crippen MR) is 181 cm³/mol. The lowest BCUT2D eigenvalue weighted by molar-refractivity contribution is -0.147. The quantitative estimate of drug-likeness (QED) is 0.0582. The highest BCUT2D eigenvalue weighted by molar-refractivity contribution is 6.05. The Hall–Kier alpha value is -5.60. The zero-order valence-electron chi connectivity index (χ0n) is 28.2. The van der Waals surface area contributed by atoms with E-state index in [1.54, 1.807) is 54.3 Å². The molecule has 0 aliphatic carbocycles. The molecule has 50 heavy (non-hydrogen) atoms. The number of hydrogen-bond acceptors (Lipinski definition) is 11. The standard InChI is InChI=1S/C36H41N5O9/c1-4-48-33(44)7-5-6-25-16-18-39(19-17-25)36(45)28-20-31(49-29-12-8-26(9-13-29)34(37)40(46)23(2)42)22-32(21-28)50-30-14-10-27(11-15-30)35(38)41(47)24(3)43/h8-15,20-22,25,37-38,46-47H,4-7,16-19H2,1-3H3. The molecule has 3 aromatic rings. The monoisotopic (exact) mass is 687 g/mol. The van der Waals surface area contributed by atoms with Crippen LogP contribution in [0.5, 0.6) is 23.0 Å². The minimum atomic E-state index is -0.707. The Bertz CT molecular complexity index is 1620. The second-order valence-corrected chi connectivity index (χ2v) is 11.7. The number of carbonyl (C=O) groups is 4. The molecule has 0 spiro atoms. The van der Waals surface area contributed by atoms with Crippen LogP contribution in [0.3, 0.4) is 0 Å². The first-order chi connectivity index (χ1) is 23.9. The van der Waals surface area contributed by atoms with Crippen LogP contribution in [0.15, 0.2) is 66.7 Å². The molecule has 14 nitrogen and oxygen atoms in total. The maximum absolute atomic E-state index is 13.8. The minimum absolute atomic E-state index is 0.194. The number of hydrogen-bond donors (Lipinski definition) is 4. The molecule has 0 aromatic heterocycles. The average Bonchev–Trinajstić information content (AvgIpc) is 3.11. The van der Waals surface area contributed by atoms with Gasteiger partial charge in [-0.2, -0.15) is 10.1 Å². The first-order valence-electron chi connectivity index (χ1n) is 16.2. The van der Waals surface area contributed by atoms with Crippen LogP contribution in [0, 0.1) is 16.7 Å². The third-order valence-corrected chi connectivity index (χ3v) is 8.07. The molecule has 0 saturated carbocycles. The Morgan fingerprint density at radius 3 is 1.62 bits per heavy atom. The molecule has 1 fully saturated rings. The highest BCUT2D eigenvalue weighted by Crippen LogP contribution is 2.32. The number of nitrogens with one attached hydrogen (secondary N) is 2. The number of esters is 1. The van der Waals surface area contributed by atoms with E-state index in [1.807, 2.05) is 0 Å². The van der Waals surface area contributed by atoms with Crippen LogP contribution in [-0.2, 0) is 19.1 Å². The highest BCUT2D eigenvalue weighted by atomic mass is 16.5. The van der Waals surface area contributed by atoms with Crippen molar-refractivity contribution in [2.45, 2.75) is 52.9 Å². The summed E-state index contributed by atoms with van der Waals surface area (Å²) >= 11 is 0. The van der Waals surface area contributed by atoms with Crippen LogP contribution in [-0.4, -0.2) is 80.5 Å². The third-order valence-electron chi connectivity index (χ3n) is 8.07.